The van der Waals surface area contributed by atoms with Gasteiger partial charge < -0.3 is 0 Å². The van der Waals surface area contributed by atoms with Crippen molar-refractivity contribution in [1.82, 2.24) is 9.55 Å². The number of aliphatic hydroxyl groups is 1. The number of aromatic nitrogens is 2. The van der Waals surface area contributed by atoms with Crippen LogP contribution in [0.3, 0.4) is 0 Å². The summed E-state index contributed by atoms with van der Waals surface area (Å²) >= 11 is -0.179. The van der Waals surface area contributed by atoms with Crippen LogP contribution in [0.15, 0.2) is 39.9 Å². The van der Waals surface area contributed by atoms with Gasteiger partial charge in [-0.2, -0.15) is 0 Å². The maximum absolute atomic E-state index is 12.2. The van der Waals surface area contributed by atoms with Crippen LogP contribution in [-0.4, -0.2) is 42.8 Å². The molecule has 0 aliphatic carbocycles. The van der Waals surface area contributed by atoms with E-state index in [2.05, 4.69) is 4.98 Å². The number of benzene rings is 1. The summed E-state index contributed by atoms with van der Waals surface area (Å²) in [4.78, 5) is 26.7. The quantitative estimate of drug-likeness (QED) is 0.458. The van der Waals surface area contributed by atoms with Crippen LogP contribution < -0.4 is 20.3 Å². The van der Waals surface area contributed by atoms with Gasteiger partial charge in [-0.1, -0.05) is 0 Å². The summed E-state index contributed by atoms with van der Waals surface area (Å²) in [6.45, 7) is 2.05. The molecule has 0 radical (unpaired) electrons. The Morgan fingerprint density at radius 2 is 2.00 bits per heavy atom. The van der Waals surface area contributed by atoms with E-state index < -0.39 is 5.69 Å². The van der Waals surface area contributed by atoms with Gasteiger partial charge in [0.25, 0.3) is 0 Å². The molecule has 6 nitrogen and oxygen atoms in total. The average molecular weight is 383 g/mol. The second-order valence-corrected chi connectivity index (χ2v) is 7.13. The van der Waals surface area contributed by atoms with Crippen LogP contribution >= 0.6 is 0 Å². The van der Waals surface area contributed by atoms with Crippen LogP contribution in [-0.2, 0) is 17.9 Å². The summed E-state index contributed by atoms with van der Waals surface area (Å²) in [5, 5.41) is 8.83. The molecule has 1 aromatic carbocycles. The maximum atomic E-state index is 12.2. The van der Waals surface area contributed by atoms with E-state index in [1.165, 1.54) is 4.57 Å². The van der Waals surface area contributed by atoms with Crippen LogP contribution in [0.2, 0.25) is 0 Å². The molecule has 0 aliphatic heterocycles. The van der Waals surface area contributed by atoms with Gasteiger partial charge in [-0.05, 0) is 0 Å². The Morgan fingerprint density at radius 1 is 1.26 bits per heavy atom. The number of rotatable bonds is 8. The minimum atomic E-state index is -0.472. The molecule has 2 aromatic rings. The Labute approximate surface area is 140 Å². The van der Waals surface area contributed by atoms with Gasteiger partial charge >= 0.3 is 140 Å². The third kappa shape index (κ3) is 4.65. The third-order valence-electron chi connectivity index (χ3n) is 3.16. The molecular formula is C16H20N2O4Se. The summed E-state index contributed by atoms with van der Waals surface area (Å²) in [6, 6.07) is 9.78. The van der Waals surface area contributed by atoms with E-state index in [9.17, 15) is 9.59 Å². The van der Waals surface area contributed by atoms with Crippen molar-refractivity contribution in [2.24, 2.45) is 0 Å². The normalized spacial score (nSPS) is 10.9. The topological polar surface area (TPSA) is 84.3 Å². The fourth-order valence-corrected chi connectivity index (χ4v) is 4.38. The number of aliphatic hydroxyl groups excluding tert-OH is 1. The molecule has 124 valence electrons. The first-order chi connectivity index (χ1) is 11.2. The van der Waals surface area contributed by atoms with E-state index >= 15 is 0 Å². The fraction of sp³-hybridized carbons (Fsp3) is 0.375. The second-order valence-electron chi connectivity index (χ2n) is 4.90. The first kappa shape index (κ1) is 17.7. The summed E-state index contributed by atoms with van der Waals surface area (Å²) in [5.74, 6) is 0. The molecule has 0 aliphatic rings. The zero-order chi connectivity index (χ0) is 16.7. The molecule has 0 amide bonds. The molecule has 0 fully saturated rings. The zero-order valence-corrected chi connectivity index (χ0v) is 14.7. The van der Waals surface area contributed by atoms with Crippen molar-refractivity contribution in [3.8, 4) is 0 Å². The number of ether oxygens (including phenoxy) is 1. The van der Waals surface area contributed by atoms with E-state index in [-0.39, 0.29) is 40.5 Å². The summed E-state index contributed by atoms with van der Waals surface area (Å²) in [5.41, 5.74) is -0.146. The number of H-pyrrole nitrogens is 1. The SMILES string of the molecule is CCCc1c([Se]c2ccccc2)n(COCCO)c(=O)[nH]c1=O. The van der Waals surface area contributed by atoms with E-state index in [0.29, 0.717) is 12.0 Å². The molecule has 0 atom stereocenters. The summed E-state index contributed by atoms with van der Waals surface area (Å²) in [7, 11) is 0. The predicted octanol–water partition coefficient (Wildman–Crippen LogP) is -0.889. The Bertz CT molecular complexity index is 740. The Balaban J connectivity index is 2.48. The number of nitrogens with one attached hydrogen (secondary N) is 1. The first-order valence-corrected chi connectivity index (χ1v) is 9.16. The Hall–Kier alpha value is -1.66. The molecule has 7 heteroatoms. The van der Waals surface area contributed by atoms with Gasteiger partial charge in [-0.3, -0.25) is 0 Å². The van der Waals surface area contributed by atoms with Gasteiger partial charge in [-0.15, -0.1) is 0 Å². The van der Waals surface area contributed by atoms with Gasteiger partial charge in [0.15, 0.2) is 0 Å². The van der Waals surface area contributed by atoms with Gasteiger partial charge in [0, 0.05) is 0 Å². The van der Waals surface area contributed by atoms with E-state index in [0.717, 1.165) is 15.5 Å². The van der Waals surface area contributed by atoms with Crippen LogP contribution in [0.1, 0.15) is 18.9 Å². The number of aromatic amines is 1. The molecule has 1 aromatic heterocycles. The van der Waals surface area contributed by atoms with Crippen molar-refractivity contribution in [3.05, 3.63) is 56.7 Å². The molecule has 0 saturated carbocycles. The van der Waals surface area contributed by atoms with Gasteiger partial charge in [0.05, 0.1) is 0 Å². The van der Waals surface area contributed by atoms with Crippen molar-refractivity contribution in [1.29, 1.82) is 0 Å². The molecule has 0 spiro atoms. The molecule has 0 saturated heterocycles. The fourth-order valence-electron chi connectivity index (χ4n) is 2.12. The molecule has 0 bridgehead atoms. The van der Waals surface area contributed by atoms with Crippen molar-refractivity contribution in [2.75, 3.05) is 13.2 Å². The first-order valence-electron chi connectivity index (χ1n) is 7.44. The molecule has 2 rings (SSSR count). The van der Waals surface area contributed by atoms with Crippen molar-refractivity contribution in [3.63, 3.8) is 0 Å². The molecule has 23 heavy (non-hydrogen) atoms. The zero-order valence-electron chi connectivity index (χ0n) is 12.9. The molecular weight excluding hydrogens is 363 g/mol. The number of hydrogen-bond acceptors (Lipinski definition) is 4. The van der Waals surface area contributed by atoms with Gasteiger partial charge in [-0.25, -0.2) is 0 Å². The minimum absolute atomic E-state index is 0.0246. The predicted molar refractivity (Wildman–Crippen MR) is 89.8 cm³/mol. The van der Waals surface area contributed by atoms with Gasteiger partial charge in [0.2, 0.25) is 0 Å². The number of hydrogen-bond donors (Lipinski definition) is 2. The van der Waals surface area contributed by atoms with Crippen LogP contribution in [0, 0.1) is 0 Å². The van der Waals surface area contributed by atoms with Crippen LogP contribution in [0.5, 0.6) is 0 Å². The molecule has 2 N–H and O–H groups in total. The van der Waals surface area contributed by atoms with E-state index in [4.69, 9.17) is 9.84 Å². The van der Waals surface area contributed by atoms with E-state index in [1.807, 2.05) is 37.3 Å². The van der Waals surface area contributed by atoms with Crippen molar-refractivity contribution < 1.29 is 9.84 Å². The van der Waals surface area contributed by atoms with Crippen molar-refractivity contribution in [2.45, 2.75) is 26.5 Å². The van der Waals surface area contributed by atoms with Crippen LogP contribution in [0.4, 0.5) is 0 Å². The molecule has 1 heterocycles. The molecule has 0 unspecified atom stereocenters. The van der Waals surface area contributed by atoms with E-state index in [1.54, 1.807) is 0 Å². The van der Waals surface area contributed by atoms with Crippen molar-refractivity contribution >= 4 is 24.0 Å². The number of nitrogens with zero attached hydrogens (tertiary/aromatic N) is 1. The van der Waals surface area contributed by atoms with Crippen LogP contribution in [0.25, 0.3) is 0 Å². The average Bonchev–Trinajstić information content (AvgIpc) is 2.55. The summed E-state index contributed by atoms with van der Waals surface area (Å²) < 4.78 is 8.58. The third-order valence-corrected chi connectivity index (χ3v) is 5.61. The summed E-state index contributed by atoms with van der Waals surface area (Å²) in [6.07, 6.45) is 1.43. The van der Waals surface area contributed by atoms with Gasteiger partial charge in [0.1, 0.15) is 0 Å². The second kappa shape index (κ2) is 8.84. The standard InChI is InChI=1S/C16H20N2O4Se/c1-2-6-13-14(20)17-16(21)18(11-22-10-9-19)15(13)23-12-7-4-3-5-8-12/h3-5,7-8,19H,2,6,9-11H2,1H3,(H,17,20,21). The Morgan fingerprint density at radius 3 is 2.65 bits per heavy atom. The Kier molecular flexibility index (Phi) is 6.80. The monoisotopic (exact) mass is 384 g/mol.